The Morgan fingerprint density at radius 2 is 1.88 bits per heavy atom. The maximum absolute atomic E-state index is 11.5. The molecule has 1 aromatic carbocycles. The fraction of sp³-hybridized carbons (Fsp3) is 0.455. The Labute approximate surface area is 102 Å². The highest BCUT2D eigenvalue weighted by molar-refractivity contribution is 7.89. The van der Waals surface area contributed by atoms with Gasteiger partial charge < -0.3 is 10.4 Å². The van der Waals surface area contributed by atoms with E-state index in [4.69, 9.17) is 5.11 Å². The molecule has 0 spiro atoms. The second-order valence-electron chi connectivity index (χ2n) is 3.90. The zero-order chi connectivity index (χ0) is 12.9. The Morgan fingerprint density at radius 1 is 1.29 bits per heavy atom. The van der Waals surface area contributed by atoms with Crippen LogP contribution in [-0.2, 0) is 10.0 Å². The van der Waals surface area contributed by atoms with Crippen LogP contribution in [0.1, 0.15) is 6.92 Å². The first-order valence-corrected chi connectivity index (χ1v) is 6.86. The molecule has 0 amide bonds. The fourth-order valence-corrected chi connectivity index (χ4v) is 1.96. The van der Waals surface area contributed by atoms with Crippen LogP contribution in [0.15, 0.2) is 29.2 Å². The van der Waals surface area contributed by atoms with Crippen molar-refractivity contribution in [1.29, 1.82) is 0 Å². The molecule has 0 aliphatic rings. The van der Waals surface area contributed by atoms with E-state index in [-0.39, 0.29) is 17.4 Å². The summed E-state index contributed by atoms with van der Waals surface area (Å²) < 4.78 is 25.2. The summed E-state index contributed by atoms with van der Waals surface area (Å²) in [5.74, 6) is 0.163. The molecule has 5 nitrogen and oxygen atoms in total. The van der Waals surface area contributed by atoms with Gasteiger partial charge in [0.05, 0.1) is 4.90 Å². The molecule has 0 aliphatic carbocycles. The minimum Gasteiger partial charge on any atom is -0.396 e. The van der Waals surface area contributed by atoms with Gasteiger partial charge in [-0.3, -0.25) is 0 Å². The molecule has 0 aliphatic heterocycles. The second kappa shape index (κ2) is 6.00. The smallest absolute Gasteiger partial charge is 0.240 e. The van der Waals surface area contributed by atoms with E-state index < -0.39 is 10.0 Å². The molecule has 1 atom stereocenters. The van der Waals surface area contributed by atoms with Crippen molar-refractivity contribution in [2.75, 3.05) is 25.5 Å². The van der Waals surface area contributed by atoms with Crippen LogP contribution in [0.4, 0.5) is 5.69 Å². The first-order chi connectivity index (χ1) is 7.99. The third kappa shape index (κ3) is 3.99. The summed E-state index contributed by atoms with van der Waals surface area (Å²) in [6, 6.07) is 6.48. The van der Waals surface area contributed by atoms with E-state index in [9.17, 15) is 8.42 Å². The maximum atomic E-state index is 11.5. The molecule has 1 aromatic rings. The van der Waals surface area contributed by atoms with E-state index in [0.29, 0.717) is 6.54 Å². The van der Waals surface area contributed by atoms with Gasteiger partial charge in [-0.1, -0.05) is 6.92 Å². The topological polar surface area (TPSA) is 78.4 Å². The largest absolute Gasteiger partial charge is 0.396 e. The lowest BCUT2D eigenvalue weighted by atomic mass is 10.2. The quantitative estimate of drug-likeness (QED) is 0.699. The predicted molar refractivity (Wildman–Crippen MR) is 67.4 cm³/mol. The number of rotatable bonds is 6. The van der Waals surface area contributed by atoms with Gasteiger partial charge in [0, 0.05) is 18.8 Å². The van der Waals surface area contributed by atoms with Gasteiger partial charge in [-0.05, 0) is 37.2 Å². The highest BCUT2D eigenvalue weighted by Crippen LogP contribution is 2.13. The Hall–Kier alpha value is -1.11. The van der Waals surface area contributed by atoms with Crippen molar-refractivity contribution in [3.63, 3.8) is 0 Å². The lowest BCUT2D eigenvalue weighted by molar-refractivity contribution is 0.244. The molecular weight excluding hydrogens is 240 g/mol. The maximum Gasteiger partial charge on any atom is 0.240 e. The predicted octanol–water partition coefficient (Wildman–Crippen LogP) is 0.635. The molecule has 0 saturated carbocycles. The van der Waals surface area contributed by atoms with Gasteiger partial charge >= 0.3 is 0 Å². The van der Waals surface area contributed by atoms with Crippen molar-refractivity contribution < 1.29 is 13.5 Å². The van der Waals surface area contributed by atoms with Crippen LogP contribution in [0.25, 0.3) is 0 Å². The van der Waals surface area contributed by atoms with E-state index in [2.05, 4.69) is 10.0 Å². The van der Waals surface area contributed by atoms with Crippen LogP contribution in [0.5, 0.6) is 0 Å². The van der Waals surface area contributed by atoms with Crippen LogP contribution < -0.4 is 10.0 Å². The van der Waals surface area contributed by atoms with Crippen molar-refractivity contribution in [1.82, 2.24) is 4.72 Å². The second-order valence-corrected chi connectivity index (χ2v) is 5.79. The average Bonchev–Trinajstić information content (AvgIpc) is 2.36. The lowest BCUT2D eigenvalue weighted by Gasteiger charge is -2.11. The van der Waals surface area contributed by atoms with Gasteiger partial charge in [-0.15, -0.1) is 0 Å². The number of aliphatic hydroxyl groups is 1. The normalized spacial score (nSPS) is 13.4. The van der Waals surface area contributed by atoms with Crippen LogP contribution in [-0.4, -0.2) is 33.7 Å². The van der Waals surface area contributed by atoms with Crippen LogP contribution in [0.2, 0.25) is 0 Å². The molecule has 6 heteroatoms. The van der Waals surface area contributed by atoms with Gasteiger partial charge in [0.15, 0.2) is 0 Å². The van der Waals surface area contributed by atoms with Gasteiger partial charge in [0.2, 0.25) is 10.0 Å². The number of nitrogens with one attached hydrogen (secondary N) is 2. The molecule has 0 aromatic heterocycles. The lowest BCUT2D eigenvalue weighted by Crippen LogP contribution is -2.18. The minimum absolute atomic E-state index is 0.124. The highest BCUT2D eigenvalue weighted by Gasteiger charge is 2.10. The molecule has 0 radical (unpaired) electrons. The molecule has 1 rings (SSSR count). The summed E-state index contributed by atoms with van der Waals surface area (Å²) in [6.07, 6.45) is 0. The van der Waals surface area contributed by atoms with Crippen molar-refractivity contribution in [2.45, 2.75) is 11.8 Å². The number of aliphatic hydroxyl groups excluding tert-OH is 1. The first kappa shape index (κ1) is 14.0. The van der Waals surface area contributed by atoms with Crippen LogP contribution in [0.3, 0.4) is 0 Å². The van der Waals surface area contributed by atoms with E-state index in [1.54, 1.807) is 12.1 Å². The van der Waals surface area contributed by atoms with Crippen LogP contribution in [0, 0.1) is 5.92 Å². The number of sulfonamides is 1. The molecule has 0 bridgehead atoms. The Balaban J connectivity index is 2.69. The van der Waals surface area contributed by atoms with Gasteiger partial charge in [0.25, 0.3) is 0 Å². The summed E-state index contributed by atoms with van der Waals surface area (Å²) in [5, 5.41) is 12.0. The number of benzene rings is 1. The standard InChI is InChI=1S/C11H18N2O3S/c1-9(8-14)7-13-10-3-5-11(6-4-10)17(15,16)12-2/h3-6,9,12-14H,7-8H2,1-2H3. The zero-order valence-electron chi connectivity index (χ0n) is 9.97. The van der Waals surface area contributed by atoms with E-state index in [1.807, 2.05) is 6.92 Å². The summed E-state index contributed by atoms with van der Waals surface area (Å²) in [4.78, 5) is 0.237. The monoisotopic (exact) mass is 258 g/mol. The number of hydrogen-bond donors (Lipinski definition) is 3. The number of anilines is 1. The van der Waals surface area contributed by atoms with E-state index >= 15 is 0 Å². The van der Waals surface area contributed by atoms with E-state index in [1.165, 1.54) is 19.2 Å². The van der Waals surface area contributed by atoms with Gasteiger partial charge in [-0.2, -0.15) is 0 Å². The van der Waals surface area contributed by atoms with Crippen molar-refractivity contribution in [2.24, 2.45) is 5.92 Å². The molecular formula is C11H18N2O3S. The molecule has 17 heavy (non-hydrogen) atoms. The average molecular weight is 258 g/mol. The van der Waals surface area contributed by atoms with Crippen LogP contribution >= 0.6 is 0 Å². The Morgan fingerprint density at radius 3 is 2.35 bits per heavy atom. The third-order valence-electron chi connectivity index (χ3n) is 2.40. The molecule has 96 valence electrons. The first-order valence-electron chi connectivity index (χ1n) is 5.38. The fourth-order valence-electron chi connectivity index (χ4n) is 1.23. The van der Waals surface area contributed by atoms with Gasteiger partial charge in [0.1, 0.15) is 0 Å². The SMILES string of the molecule is CNS(=O)(=O)c1ccc(NCC(C)CO)cc1. The summed E-state index contributed by atoms with van der Waals surface area (Å²) in [6.45, 7) is 2.70. The molecule has 0 fully saturated rings. The Bertz CT molecular complexity index is 442. The summed E-state index contributed by atoms with van der Waals surface area (Å²) in [5.41, 5.74) is 0.834. The molecule has 1 unspecified atom stereocenters. The summed E-state index contributed by atoms with van der Waals surface area (Å²) in [7, 11) is -1.99. The van der Waals surface area contributed by atoms with Crippen molar-refractivity contribution in [3.05, 3.63) is 24.3 Å². The minimum atomic E-state index is -3.37. The van der Waals surface area contributed by atoms with Gasteiger partial charge in [-0.25, -0.2) is 13.1 Å². The molecule has 0 heterocycles. The highest BCUT2D eigenvalue weighted by atomic mass is 32.2. The Kier molecular flexibility index (Phi) is 4.92. The van der Waals surface area contributed by atoms with E-state index in [0.717, 1.165) is 5.69 Å². The summed E-state index contributed by atoms with van der Waals surface area (Å²) >= 11 is 0. The molecule has 3 N–H and O–H groups in total. The molecule has 0 saturated heterocycles. The zero-order valence-corrected chi connectivity index (χ0v) is 10.8. The third-order valence-corrected chi connectivity index (χ3v) is 3.83. The number of hydrogen-bond acceptors (Lipinski definition) is 4. The van der Waals surface area contributed by atoms with Crippen molar-refractivity contribution in [3.8, 4) is 0 Å². The van der Waals surface area contributed by atoms with Crippen molar-refractivity contribution >= 4 is 15.7 Å².